The smallest absolute Gasteiger partial charge is 0.141 e. The zero-order valence-electron chi connectivity index (χ0n) is 8.56. The molecule has 1 unspecified atom stereocenters. The van der Waals surface area contributed by atoms with Crippen LogP contribution in [0.4, 0.5) is 0 Å². The quantitative estimate of drug-likeness (QED) is 0.699. The van der Waals surface area contributed by atoms with Crippen molar-refractivity contribution in [3.63, 3.8) is 0 Å². The van der Waals surface area contributed by atoms with E-state index in [9.17, 15) is 4.79 Å². The van der Waals surface area contributed by atoms with Gasteiger partial charge in [-0.15, -0.1) is 0 Å². The molecule has 1 atom stereocenters. The molecule has 1 rings (SSSR count). The van der Waals surface area contributed by atoms with Crippen LogP contribution >= 0.6 is 0 Å². The van der Waals surface area contributed by atoms with Gasteiger partial charge in [-0.2, -0.15) is 5.26 Å². The minimum absolute atomic E-state index is 0.480. The monoisotopic (exact) mass is 205 g/mol. The first-order valence-corrected chi connectivity index (χ1v) is 4.33. The summed E-state index contributed by atoms with van der Waals surface area (Å²) in [6.07, 6.45) is 0.588. The van der Waals surface area contributed by atoms with Crippen LogP contribution in [0.15, 0.2) is 18.2 Å². The van der Waals surface area contributed by atoms with Gasteiger partial charge in [-0.3, -0.25) is 0 Å². The maximum absolute atomic E-state index is 10.6. The summed E-state index contributed by atoms with van der Waals surface area (Å²) in [5, 5.41) is 8.76. The Morgan fingerprint density at radius 2 is 2.13 bits per heavy atom. The van der Waals surface area contributed by atoms with Crippen LogP contribution in [0.1, 0.15) is 11.5 Å². The molecule has 0 N–H and O–H groups in total. The van der Waals surface area contributed by atoms with Crippen LogP contribution in [0.25, 0.3) is 0 Å². The van der Waals surface area contributed by atoms with E-state index in [1.807, 2.05) is 6.07 Å². The molecule has 1 aromatic rings. The van der Waals surface area contributed by atoms with Crippen molar-refractivity contribution < 1.29 is 14.3 Å². The number of methoxy groups -OCH3 is 2. The number of aldehydes is 1. The molecule has 0 heterocycles. The number of carbonyl (C=O) groups is 1. The topological polar surface area (TPSA) is 59.3 Å². The molecular formula is C11H11NO3. The number of ether oxygens (including phenoxy) is 2. The van der Waals surface area contributed by atoms with Gasteiger partial charge in [0.25, 0.3) is 0 Å². The number of hydrogen-bond donors (Lipinski definition) is 0. The van der Waals surface area contributed by atoms with Gasteiger partial charge in [0, 0.05) is 11.6 Å². The molecule has 0 saturated carbocycles. The van der Waals surface area contributed by atoms with E-state index in [4.69, 9.17) is 14.7 Å². The second kappa shape index (κ2) is 5.01. The highest BCUT2D eigenvalue weighted by Gasteiger charge is 2.15. The number of nitriles is 1. The summed E-state index contributed by atoms with van der Waals surface area (Å²) in [4.78, 5) is 10.6. The Hall–Kier alpha value is -2.02. The molecule has 0 spiro atoms. The molecule has 0 aromatic heterocycles. The van der Waals surface area contributed by atoms with E-state index >= 15 is 0 Å². The molecule has 78 valence electrons. The van der Waals surface area contributed by atoms with Gasteiger partial charge in [0.2, 0.25) is 0 Å². The summed E-state index contributed by atoms with van der Waals surface area (Å²) in [6.45, 7) is 0. The molecule has 4 nitrogen and oxygen atoms in total. The van der Waals surface area contributed by atoms with Crippen LogP contribution in [0.3, 0.4) is 0 Å². The highest BCUT2D eigenvalue weighted by atomic mass is 16.5. The summed E-state index contributed by atoms with van der Waals surface area (Å²) >= 11 is 0. The lowest BCUT2D eigenvalue weighted by atomic mass is 10.0. The highest BCUT2D eigenvalue weighted by molar-refractivity contribution is 5.69. The Labute approximate surface area is 88.0 Å². The van der Waals surface area contributed by atoms with Gasteiger partial charge in [0.1, 0.15) is 23.7 Å². The van der Waals surface area contributed by atoms with Gasteiger partial charge in [-0.05, 0) is 12.1 Å². The fourth-order valence-corrected chi connectivity index (χ4v) is 1.25. The number of carbonyl (C=O) groups excluding carboxylic acids is 1. The molecule has 0 radical (unpaired) electrons. The lowest BCUT2D eigenvalue weighted by Gasteiger charge is -2.10. The number of rotatable bonds is 4. The molecular weight excluding hydrogens is 194 g/mol. The maximum Gasteiger partial charge on any atom is 0.141 e. The van der Waals surface area contributed by atoms with Crippen LogP contribution in [-0.2, 0) is 4.79 Å². The Morgan fingerprint density at radius 3 is 2.60 bits per heavy atom. The van der Waals surface area contributed by atoms with Crippen molar-refractivity contribution in [2.24, 2.45) is 0 Å². The van der Waals surface area contributed by atoms with E-state index in [1.54, 1.807) is 18.2 Å². The van der Waals surface area contributed by atoms with E-state index < -0.39 is 5.92 Å². The van der Waals surface area contributed by atoms with Gasteiger partial charge in [-0.1, -0.05) is 0 Å². The van der Waals surface area contributed by atoms with Gasteiger partial charge < -0.3 is 14.3 Å². The first kappa shape index (κ1) is 11.1. The third-order valence-electron chi connectivity index (χ3n) is 2.05. The summed E-state index contributed by atoms with van der Waals surface area (Å²) in [5.41, 5.74) is 0.552. The van der Waals surface area contributed by atoms with Crippen molar-refractivity contribution in [2.45, 2.75) is 5.92 Å². The normalized spacial score (nSPS) is 11.3. The van der Waals surface area contributed by atoms with Crippen molar-refractivity contribution in [1.29, 1.82) is 5.26 Å². The average Bonchev–Trinajstić information content (AvgIpc) is 2.31. The van der Waals surface area contributed by atoms with Gasteiger partial charge >= 0.3 is 0 Å². The number of benzene rings is 1. The van der Waals surface area contributed by atoms with Crippen LogP contribution in [-0.4, -0.2) is 20.5 Å². The van der Waals surface area contributed by atoms with E-state index in [1.165, 1.54) is 14.2 Å². The molecule has 4 heteroatoms. The van der Waals surface area contributed by atoms with Crippen LogP contribution in [0, 0.1) is 11.3 Å². The van der Waals surface area contributed by atoms with Gasteiger partial charge in [0.05, 0.1) is 20.3 Å². The SMILES string of the molecule is COc1ccc(C(C#N)C=O)c(OC)c1. The zero-order chi connectivity index (χ0) is 11.3. The molecule has 1 aromatic carbocycles. The predicted octanol–water partition coefficient (Wildman–Crippen LogP) is 1.51. The van der Waals surface area contributed by atoms with E-state index in [-0.39, 0.29) is 0 Å². The third kappa shape index (κ3) is 2.26. The molecule has 0 bridgehead atoms. The van der Waals surface area contributed by atoms with Crippen molar-refractivity contribution in [3.8, 4) is 17.6 Å². The van der Waals surface area contributed by atoms with E-state index in [0.29, 0.717) is 23.3 Å². The third-order valence-corrected chi connectivity index (χ3v) is 2.05. The van der Waals surface area contributed by atoms with Crippen molar-refractivity contribution in [3.05, 3.63) is 23.8 Å². The summed E-state index contributed by atoms with van der Waals surface area (Å²) in [6, 6.07) is 6.87. The molecule has 0 aliphatic carbocycles. The minimum Gasteiger partial charge on any atom is -0.497 e. The number of nitrogens with zero attached hydrogens (tertiary/aromatic N) is 1. The highest BCUT2D eigenvalue weighted by Crippen LogP contribution is 2.29. The second-order valence-electron chi connectivity index (χ2n) is 2.85. The lowest BCUT2D eigenvalue weighted by Crippen LogP contribution is -2.00. The predicted molar refractivity (Wildman–Crippen MR) is 54.0 cm³/mol. The standard InChI is InChI=1S/C11H11NO3/c1-14-9-3-4-10(8(6-12)7-13)11(5-9)15-2/h3-5,7-8H,1-2H3. The largest absolute Gasteiger partial charge is 0.497 e. The Morgan fingerprint density at radius 1 is 1.40 bits per heavy atom. The molecule has 0 saturated heterocycles. The average molecular weight is 205 g/mol. The summed E-state index contributed by atoms with van der Waals surface area (Å²) in [5.74, 6) is 0.303. The Kier molecular flexibility index (Phi) is 3.69. The fraction of sp³-hybridized carbons (Fsp3) is 0.273. The summed E-state index contributed by atoms with van der Waals surface area (Å²) < 4.78 is 10.1. The molecule has 15 heavy (non-hydrogen) atoms. The van der Waals surface area contributed by atoms with Gasteiger partial charge in [-0.25, -0.2) is 0 Å². The van der Waals surface area contributed by atoms with Gasteiger partial charge in [0.15, 0.2) is 0 Å². The van der Waals surface area contributed by atoms with Crippen molar-refractivity contribution in [2.75, 3.05) is 14.2 Å². The number of hydrogen-bond acceptors (Lipinski definition) is 4. The van der Waals surface area contributed by atoms with Crippen molar-refractivity contribution in [1.82, 2.24) is 0 Å². The molecule has 0 amide bonds. The Balaban J connectivity index is 3.18. The van der Waals surface area contributed by atoms with Crippen LogP contribution in [0.5, 0.6) is 11.5 Å². The summed E-state index contributed by atoms with van der Waals surface area (Å²) in [7, 11) is 3.02. The fourth-order valence-electron chi connectivity index (χ4n) is 1.25. The van der Waals surface area contributed by atoms with E-state index in [2.05, 4.69) is 0 Å². The van der Waals surface area contributed by atoms with Crippen LogP contribution in [0.2, 0.25) is 0 Å². The molecule has 0 aliphatic heterocycles. The molecule has 0 aliphatic rings. The van der Waals surface area contributed by atoms with Crippen LogP contribution < -0.4 is 9.47 Å². The maximum atomic E-state index is 10.6. The van der Waals surface area contributed by atoms with E-state index in [0.717, 1.165) is 0 Å². The first-order chi connectivity index (χ1) is 7.26. The zero-order valence-corrected chi connectivity index (χ0v) is 8.56. The van der Waals surface area contributed by atoms with Crippen molar-refractivity contribution >= 4 is 6.29 Å². The second-order valence-corrected chi connectivity index (χ2v) is 2.85. The molecule has 0 fully saturated rings. The lowest BCUT2D eigenvalue weighted by molar-refractivity contribution is -0.108. The Bertz CT molecular complexity index is 395. The minimum atomic E-state index is -0.800. The first-order valence-electron chi connectivity index (χ1n) is 4.33.